The van der Waals surface area contributed by atoms with Crippen molar-refractivity contribution < 1.29 is 49.8 Å². The van der Waals surface area contributed by atoms with Crippen LogP contribution in [0, 0.1) is 5.92 Å². The fraction of sp³-hybridized carbons (Fsp3) is 0.750. The number of aliphatic hydroxyl groups excluding tert-OH is 6. The van der Waals surface area contributed by atoms with Crippen LogP contribution in [0.25, 0.3) is 0 Å². The Balaban J connectivity index is 5.06. The molecule has 128 valence electrons. The van der Waals surface area contributed by atoms with Gasteiger partial charge in [-0.3, -0.25) is 14.4 Å². The normalized spacial score (nSPS) is 19.4. The Morgan fingerprint density at radius 3 is 2.05 bits per heavy atom. The number of aliphatic hydroxyl groups is 6. The maximum atomic E-state index is 11.9. The molecule has 6 atom stereocenters. The molecular formula is C12H20O10. The third-order valence-corrected chi connectivity index (χ3v) is 2.88. The zero-order valence-corrected chi connectivity index (χ0v) is 11.8. The predicted octanol–water partition coefficient (Wildman–Crippen LogP) is -4.27. The van der Waals surface area contributed by atoms with Crippen molar-refractivity contribution in [1.82, 2.24) is 0 Å². The Morgan fingerprint density at radius 1 is 1.09 bits per heavy atom. The second kappa shape index (κ2) is 9.56. The third kappa shape index (κ3) is 5.40. The van der Waals surface area contributed by atoms with Crippen LogP contribution < -0.4 is 0 Å². The van der Waals surface area contributed by atoms with E-state index in [1.807, 2.05) is 0 Å². The standard InChI is InChI=1S/C12H20O10/c1-5(15)7(12(21)22-3-2-13)9(18)11(20)10(19)8(17)6(16)4-14/h2,5-8,10-11,14-17,19-20H,3-4H2,1H3/t5?,6-,7?,8-,10+,11+/m1/s1. The van der Waals surface area contributed by atoms with Crippen molar-refractivity contribution in [2.24, 2.45) is 5.92 Å². The topological polar surface area (TPSA) is 182 Å². The van der Waals surface area contributed by atoms with Crippen molar-refractivity contribution in [2.75, 3.05) is 13.2 Å². The van der Waals surface area contributed by atoms with E-state index in [2.05, 4.69) is 4.74 Å². The molecule has 0 spiro atoms. The van der Waals surface area contributed by atoms with E-state index in [1.165, 1.54) is 0 Å². The number of hydrogen-bond donors (Lipinski definition) is 6. The average molecular weight is 324 g/mol. The first-order chi connectivity index (χ1) is 10.2. The Labute approximate surface area is 125 Å². The van der Waals surface area contributed by atoms with Gasteiger partial charge in [-0.05, 0) is 6.92 Å². The molecule has 0 aromatic heterocycles. The summed E-state index contributed by atoms with van der Waals surface area (Å²) in [6.07, 6.45) is -9.81. The van der Waals surface area contributed by atoms with Gasteiger partial charge in [-0.25, -0.2) is 0 Å². The lowest BCUT2D eigenvalue weighted by atomic mass is 9.90. The molecule has 22 heavy (non-hydrogen) atoms. The Morgan fingerprint density at radius 2 is 1.64 bits per heavy atom. The molecule has 2 unspecified atom stereocenters. The van der Waals surface area contributed by atoms with Gasteiger partial charge in [0.05, 0.1) is 12.7 Å². The largest absolute Gasteiger partial charge is 0.457 e. The quantitative estimate of drug-likeness (QED) is 0.131. The highest BCUT2D eigenvalue weighted by Crippen LogP contribution is 2.15. The molecule has 0 heterocycles. The zero-order valence-electron chi connectivity index (χ0n) is 11.8. The smallest absolute Gasteiger partial charge is 0.319 e. The fourth-order valence-electron chi connectivity index (χ4n) is 1.63. The highest BCUT2D eigenvalue weighted by atomic mass is 16.5. The number of carbonyl (C=O) groups is 3. The van der Waals surface area contributed by atoms with Crippen LogP contribution in [-0.2, 0) is 19.1 Å². The van der Waals surface area contributed by atoms with Gasteiger partial charge in [-0.1, -0.05) is 0 Å². The summed E-state index contributed by atoms with van der Waals surface area (Å²) >= 11 is 0. The summed E-state index contributed by atoms with van der Waals surface area (Å²) in [5.41, 5.74) is 0. The van der Waals surface area contributed by atoms with E-state index in [0.29, 0.717) is 0 Å². The van der Waals surface area contributed by atoms with E-state index in [9.17, 15) is 34.8 Å². The molecule has 0 aromatic rings. The minimum absolute atomic E-state index is 0.230. The van der Waals surface area contributed by atoms with Crippen LogP contribution in [0.3, 0.4) is 0 Å². The van der Waals surface area contributed by atoms with E-state index in [1.54, 1.807) is 0 Å². The number of hydrogen-bond acceptors (Lipinski definition) is 10. The van der Waals surface area contributed by atoms with Crippen LogP contribution in [0.15, 0.2) is 0 Å². The Kier molecular flexibility index (Phi) is 8.94. The van der Waals surface area contributed by atoms with Crippen molar-refractivity contribution in [3.05, 3.63) is 0 Å². The van der Waals surface area contributed by atoms with Crippen molar-refractivity contribution in [3.63, 3.8) is 0 Å². The van der Waals surface area contributed by atoms with Crippen molar-refractivity contribution in [1.29, 1.82) is 0 Å². The lowest BCUT2D eigenvalue weighted by molar-refractivity contribution is -0.166. The zero-order chi connectivity index (χ0) is 17.4. The molecule has 10 heteroatoms. The van der Waals surface area contributed by atoms with E-state index >= 15 is 0 Å². The monoisotopic (exact) mass is 324 g/mol. The van der Waals surface area contributed by atoms with Crippen molar-refractivity contribution >= 4 is 18.0 Å². The molecule has 0 aliphatic carbocycles. The summed E-state index contributed by atoms with van der Waals surface area (Å²) in [7, 11) is 0. The lowest BCUT2D eigenvalue weighted by Crippen LogP contribution is -2.52. The van der Waals surface area contributed by atoms with Gasteiger partial charge in [0.2, 0.25) is 0 Å². The van der Waals surface area contributed by atoms with Gasteiger partial charge in [0.25, 0.3) is 0 Å². The first-order valence-corrected chi connectivity index (χ1v) is 6.34. The molecule has 0 radical (unpaired) electrons. The van der Waals surface area contributed by atoms with Crippen molar-refractivity contribution in [3.8, 4) is 0 Å². The predicted molar refractivity (Wildman–Crippen MR) is 68.3 cm³/mol. The molecule has 0 aliphatic heterocycles. The van der Waals surface area contributed by atoms with Gasteiger partial charge in [-0.15, -0.1) is 0 Å². The summed E-state index contributed by atoms with van der Waals surface area (Å²) in [4.78, 5) is 33.6. The summed E-state index contributed by atoms with van der Waals surface area (Å²) < 4.78 is 4.36. The van der Waals surface area contributed by atoms with E-state index in [4.69, 9.17) is 10.2 Å². The number of Topliss-reactive ketones (excluding diaryl/α,β-unsaturated/α-hetero) is 1. The first kappa shape index (κ1) is 20.6. The van der Waals surface area contributed by atoms with Crippen LogP contribution in [0.2, 0.25) is 0 Å². The number of ether oxygens (including phenoxy) is 1. The minimum atomic E-state index is -2.33. The van der Waals surface area contributed by atoms with E-state index < -0.39 is 61.4 Å². The van der Waals surface area contributed by atoms with Gasteiger partial charge >= 0.3 is 5.97 Å². The minimum Gasteiger partial charge on any atom is -0.457 e. The van der Waals surface area contributed by atoms with Crippen LogP contribution in [0.1, 0.15) is 6.92 Å². The Hall–Kier alpha value is -1.43. The van der Waals surface area contributed by atoms with E-state index in [-0.39, 0.29) is 6.29 Å². The molecule has 0 rings (SSSR count). The molecule has 0 aliphatic rings. The molecular weight excluding hydrogens is 304 g/mol. The molecule has 6 N–H and O–H groups in total. The van der Waals surface area contributed by atoms with E-state index in [0.717, 1.165) is 6.92 Å². The summed E-state index contributed by atoms with van der Waals surface area (Å²) in [5, 5.41) is 55.8. The summed E-state index contributed by atoms with van der Waals surface area (Å²) in [5.74, 6) is -4.57. The van der Waals surface area contributed by atoms with Crippen molar-refractivity contribution in [2.45, 2.75) is 37.4 Å². The van der Waals surface area contributed by atoms with Crippen LogP contribution in [-0.4, -0.2) is 92.4 Å². The number of carbonyl (C=O) groups excluding carboxylic acids is 3. The second-order valence-electron chi connectivity index (χ2n) is 4.59. The number of esters is 1. The molecule has 0 bridgehead atoms. The molecule has 0 saturated heterocycles. The maximum Gasteiger partial charge on any atom is 0.319 e. The highest BCUT2D eigenvalue weighted by molar-refractivity contribution is 6.02. The van der Waals surface area contributed by atoms with Gasteiger partial charge in [0.1, 0.15) is 36.9 Å². The molecule has 10 nitrogen and oxygen atoms in total. The van der Waals surface area contributed by atoms with Crippen LogP contribution in [0.4, 0.5) is 0 Å². The first-order valence-electron chi connectivity index (χ1n) is 6.34. The van der Waals surface area contributed by atoms with Gasteiger partial charge in [0, 0.05) is 0 Å². The average Bonchev–Trinajstić information content (AvgIpc) is 2.49. The highest BCUT2D eigenvalue weighted by Gasteiger charge is 2.42. The molecule has 0 aromatic carbocycles. The number of rotatable bonds is 10. The molecule has 0 saturated carbocycles. The fourth-order valence-corrected chi connectivity index (χ4v) is 1.63. The SMILES string of the molecule is CC(O)C(C(=O)OCC=O)C(=O)[C@H](O)[C@@H](O)[C@H](O)[C@H](O)CO. The summed E-state index contributed by atoms with van der Waals surface area (Å²) in [6, 6.07) is 0. The summed E-state index contributed by atoms with van der Waals surface area (Å²) in [6.45, 7) is -0.566. The molecule has 0 amide bonds. The van der Waals surface area contributed by atoms with Gasteiger partial charge in [-0.2, -0.15) is 0 Å². The second-order valence-corrected chi connectivity index (χ2v) is 4.59. The van der Waals surface area contributed by atoms with Crippen LogP contribution in [0.5, 0.6) is 0 Å². The molecule has 0 fully saturated rings. The Bertz CT molecular complexity index is 382. The maximum absolute atomic E-state index is 11.9. The number of ketones is 1. The third-order valence-electron chi connectivity index (χ3n) is 2.88. The van der Waals surface area contributed by atoms with Crippen LogP contribution >= 0.6 is 0 Å². The lowest BCUT2D eigenvalue weighted by Gasteiger charge is -2.27. The van der Waals surface area contributed by atoms with Gasteiger partial charge < -0.3 is 35.4 Å². The number of aldehydes is 1. The van der Waals surface area contributed by atoms with Gasteiger partial charge in [0.15, 0.2) is 12.1 Å².